The lowest BCUT2D eigenvalue weighted by atomic mass is 10.1. The van der Waals surface area contributed by atoms with E-state index in [-0.39, 0.29) is 6.03 Å². The molecule has 1 aromatic heterocycles. The summed E-state index contributed by atoms with van der Waals surface area (Å²) in [5, 5.41) is 2.88. The number of carbonyl (C=O) groups is 1. The first-order valence-electron chi connectivity index (χ1n) is 5.18. The summed E-state index contributed by atoms with van der Waals surface area (Å²) in [6.07, 6.45) is 2.44. The van der Waals surface area contributed by atoms with Crippen molar-refractivity contribution in [1.82, 2.24) is 9.55 Å². The molecule has 0 spiro atoms. The quantitative estimate of drug-likeness (QED) is 0.729. The zero-order valence-electron chi connectivity index (χ0n) is 8.90. The van der Waals surface area contributed by atoms with Crippen LogP contribution in [-0.4, -0.2) is 15.6 Å². The first-order chi connectivity index (χ1) is 7.74. The molecule has 1 aromatic carbocycles. The number of benzene rings is 1. The normalized spacial score (nSPS) is 13.7. The largest absolute Gasteiger partial charge is 0.331 e. The number of amides is 1. The number of nitrogens with zero attached hydrogens (tertiary/aromatic N) is 2. The smallest absolute Gasteiger partial charge is 0.307 e. The van der Waals surface area contributed by atoms with Crippen LogP contribution in [0.25, 0.3) is 0 Å². The number of aromatic nitrogens is 2. The monoisotopic (exact) mass is 213 g/mol. The molecule has 4 heteroatoms. The number of anilines is 1. The van der Waals surface area contributed by atoms with Gasteiger partial charge in [-0.25, -0.2) is 9.78 Å². The Hall–Kier alpha value is -2.10. The molecule has 0 unspecified atom stereocenters. The highest BCUT2D eigenvalue weighted by atomic mass is 16.2. The summed E-state index contributed by atoms with van der Waals surface area (Å²) in [5.74, 6) is 0.792. The van der Waals surface area contributed by atoms with Gasteiger partial charge in [-0.15, -0.1) is 0 Å². The van der Waals surface area contributed by atoms with E-state index in [0.29, 0.717) is 6.42 Å². The van der Waals surface area contributed by atoms with Gasteiger partial charge in [0.05, 0.1) is 5.69 Å². The van der Waals surface area contributed by atoms with Gasteiger partial charge in [0.2, 0.25) is 0 Å². The van der Waals surface area contributed by atoms with Crippen molar-refractivity contribution >= 4 is 11.7 Å². The van der Waals surface area contributed by atoms with E-state index in [1.807, 2.05) is 31.2 Å². The molecule has 0 atom stereocenters. The molecule has 1 aliphatic heterocycles. The first kappa shape index (κ1) is 9.15. The summed E-state index contributed by atoms with van der Waals surface area (Å²) in [4.78, 5) is 16.3. The van der Waals surface area contributed by atoms with E-state index >= 15 is 0 Å². The summed E-state index contributed by atoms with van der Waals surface area (Å²) in [7, 11) is 0. The Morgan fingerprint density at radius 3 is 3.06 bits per heavy atom. The Morgan fingerprint density at radius 2 is 2.19 bits per heavy atom. The molecule has 1 aliphatic rings. The maximum Gasteiger partial charge on any atom is 0.331 e. The predicted octanol–water partition coefficient (Wildman–Crippen LogP) is 2.18. The molecule has 0 aliphatic carbocycles. The van der Waals surface area contributed by atoms with Crippen LogP contribution in [0.4, 0.5) is 10.5 Å². The minimum absolute atomic E-state index is 0.138. The summed E-state index contributed by atoms with van der Waals surface area (Å²) in [6.45, 7) is 1.89. The fraction of sp³-hybridized carbons (Fsp3) is 0.167. The van der Waals surface area contributed by atoms with Crippen molar-refractivity contribution in [2.75, 3.05) is 5.32 Å². The molecule has 2 heterocycles. The van der Waals surface area contributed by atoms with Crippen molar-refractivity contribution in [3.8, 4) is 0 Å². The fourth-order valence-corrected chi connectivity index (χ4v) is 1.99. The van der Waals surface area contributed by atoms with Gasteiger partial charge in [-0.2, -0.15) is 0 Å². The minimum Gasteiger partial charge on any atom is -0.307 e. The molecule has 2 aromatic rings. The Bertz CT molecular complexity index is 571. The van der Waals surface area contributed by atoms with E-state index in [1.54, 1.807) is 10.8 Å². The van der Waals surface area contributed by atoms with Crippen molar-refractivity contribution in [2.24, 2.45) is 0 Å². The van der Waals surface area contributed by atoms with Crippen molar-refractivity contribution < 1.29 is 4.79 Å². The van der Waals surface area contributed by atoms with Gasteiger partial charge in [0.1, 0.15) is 5.82 Å². The van der Waals surface area contributed by atoms with E-state index in [4.69, 9.17) is 0 Å². The van der Waals surface area contributed by atoms with Crippen molar-refractivity contribution in [3.05, 3.63) is 47.5 Å². The highest BCUT2D eigenvalue weighted by Crippen LogP contribution is 2.22. The van der Waals surface area contributed by atoms with E-state index in [0.717, 1.165) is 22.8 Å². The van der Waals surface area contributed by atoms with Gasteiger partial charge < -0.3 is 5.32 Å². The third kappa shape index (κ3) is 1.31. The number of carbonyl (C=O) groups excluding carboxylic acids is 1. The van der Waals surface area contributed by atoms with E-state index in [1.165, 1.54) is 0 Å². The Kier molecular flexibility index (Phi) is 1.83. The van der Waals surface area contributed by atoms with Gasteiger partial charge in [0, 0.05) is 18.3 Å². The third-order valence-electron chi connectivity index (χ3n) is 2.73. The molecule has 0 fully saturated rings. The number of hydrogen-bond acceptors (Lipinski definition) is 2. The lowest BCUT2D eigenvalue weighted by Crippen LogP contribution is -2.18. The molecule has 3 rings (SSSR count). The minimum atomic E-state index is -0.138. The summed E-state index contributed by atoms with van der Waals surface area (Å²) < 4.78 is 1.58. The van der Waals surface area contributed by atoms with Gasteiger partial charge in [0.25, 0.3) is 0 Å². The van der Waals surface area contributed by atoms with Crippen LogP contribution in [-0.2, 0) is 6.42 Å². The maximum absolute atomic E-state index is 11.9. The Balaban J connectivity index is 2.17. The van der Waals surface area contributed by atoms with Crippen LogP contribution in [0.1, 0.15) is 17.1 Å². The third-order valence-corrected chi connectivity index (χ3v) is 2.73. The first-order valence-corrected chi connectivity index (χ1v) is 5.18. The lowest BCUT2D eigenvalue weighted by molar-refractivity contribution is 0.253. The number of aryl methyl sites for hydroxylation is 1. The van der Waals surface area contributed by atoms with Gasteiger partial charge in [0.15, 0.2) is 0 Å². The van der Waals surface area contributed by atoms with Crippen LogP contribution >= 0.6 is 0 Å². The van der Waals surface area contributed by atoms with Crippen molar-refractivity contribution in [2.45, 2.75) is 13.3 Å². The zero-order valence-corrected chi connectivity index (χ0v) is 8.90. The maximum atomic E-state index is 11.9. The molecule has 16 heavy (non-hydrogen) atoms. The lowest BCUT2D eigenvalue weighted by Gasteiger charge is -2.04. The van der Waals surface area contributed by atoms with Crippen molar-refractivity contribution in [1.29, 1.82) is 0 Å². The van der Waals surface area contributed by atoms with Crippen LogP contribution in [0, 0.1) is 6.92 Å². The molecule has 80 valence electrons. The van der Waals surface area contributed by atoms with Gasteiger partial charge in [-0.1, -0.05) is 18.2 Å². The van der Waals surface area contributed by atoms with Gasteiger partial charge in [-0.3, -0.25) is 4.57 Å². The number of hydrogen-bond donors (Lipinski definition) is 1. The molecule has 4 nitrogen and oxygen atoms in total. The molecule has 0 saturated heterocycles. The number of rotatable bonds is 0. The molecular formula is C12H11N3O. The Labute approximate surface area is 92.9 Å². The summed E-state index contributed by atoms with van der Waals surface area (Å²) >= 11 is 0. The number of nitrogens with one attached hydrogen (secondary N) is 1. The highest BCUT2D eigenvalue weighted by molar-refractivity contribution is 5.93. The number of imidazole rings is 1. The second-order valence-corrected chi connectivity index (χ2v) is 3.93. The zero-order chi connectivity index (χ0) is 11.1. The summed E-state index contributed by atoms with van der Waals surface area (Å²) in [6, 6.07) is 7.66. The standard InChI is InChI=1S/C12H11N3O/c1-8-7-15-11(13-8)6-9-4-2-3-5-10(9)14-12(15)16/h2-5,7H,6H2,1H3,(H,14,16). The van der Waals surface area contributed by atoms with Gasteiger partial charge in [-0.05, 0) is 18.6 Å². The van der Waals surface area contributed by atoms with E-state index in [9.17, 15) is 4.79 Å². The van der Waals surface area contributed by atoms with E-state index < -0.39 is 0 Å². The molecule has 0 bridgehead atoms. The van der Waals surface area contributed by atoms with Gasteiger partial charge >= 0.3 is 6.03 Å². The fourth-order valence-electron chi connectivity index (χ4n) is 1.99. The van der Waals surface area contributed by atoms with Crippen molar-refractivity contribution in [3.63, 3.8) is 0 Å². The molecule has 1 amide bonds. The molecule has 1 N–H and O–H groups in total. The van der Waals surface area contributed by atoms with Crippen LogP contribution < -0.4 is 5.32 Å². The van der Waals surface area contributed by atoms with Crippen LogP contribution in [0.15, 0.2) is 30.5 Å². The van der Waals surface area contributed by atoms with E-state index in [2.05, 4.69) is 10.3 Å². The molecule has 0 saturated carbocycles. The second kappa shape index (κ2) is 3.20. The predicted molar refractivity (Wildman–Crippen MR) is 60.6 cm³/mol. The Morgan fingerprint density at radius 1 is 1.38 bits per heavy atom. The highest BCUT2D eigenvalue weighted by Gasteiger charge is 2.19. The molecular weight excluding hydrogens is 202 g/mol. The number of para-hydroxylation sites is 1. The second-order valence-electron chi connectivity index (χ2n) is 3.93. The SMILES string of the molecule is Cc1cn2c(n1)Cc1ccccc1NC2=O. The average Bonchev–Trinajstić information content (AvgIpc) is 2.57. The van der Waals surface area contributed by atoms with Crippen LogP contribution in [0.5, 0.6) is 0 Å². The average molecular weight is 213 g/mol. The number of fused-ring (bicyclic) bond motifs is 2. The topological polar surface area (TPSA) is 46.9 Å². The van der Waals surface area contributed by atoms with Crippen LogP contribution in [0.3, 0.4) is 0 Å². The summed E-state index contributed by atoms with van der Waals surface area (Å²) in [5.41, 5.74) is 2.83. The van der Waals surface area contributed by atoms with Crippen LogP contribution in [0.2, 0.25) is 0 Å². The molecule has 0 radical (unpaired) electrons.